The van der Waals surface area contributed by atoms with Crippen molar-refractivity contribution in [3.8, 4) is 5.69 Å². The quantitative estimate of drug-likeness (QED) is 0.845. The van der Waals surface area contributed by atoms with Gasteiger partial charge in [-0.1, -0.05) is 26.0 Å². The van der Waals surface area contributed by atoms with Gasteiger partial charge in [0.2, 0.25) is 0 Å². The van der Waals surface area contributed by atoms with Crippen molar-refractivity contribution in [1.82, 2.24) is 15.1 Å². The van der Waals surface area contributed by atoms with E-state index in [0.717, 1.165) is 11.3 Å². The number of hydrogen-bond acceptors (Lipinski definition) is 3. The first kappa shape index (κ1) is 14.3. The van der Waals surface area contributed by atoms with E-state index >= 15 is 0 Å². The average molecular weight is 273 g/mol. The van der Waals surface area contributed by atoms with Crippen molar-refractivity contribution in [1.29, 1.82) is 0 Å². The number of aromatic nitrogens is 2. The summed E-state index contributed by atoms with van der Waals surface area (Å²) in [6.45, 7) is 4.33. The minimum Gasteiger partial charge on any atom is -0.480 e. The molecule has 0 bridgehead atoms. The second kappa shape index (κ2) is 6.34. The molecule has 5 heteroatoms. The van der Waals surface area contributed by atoms with Crippen LogP contribution in [0.1, 0.15) is 19.4 Å². The number of carboxylic acid groups (broad SMARTS) is 1. The molecule has 1 heterocycles. The normalized spacial score (nSPS) is 12.6. The Bertz CT molecular complexity index is 547. The van der Waals surface area contributed by atoms with E-state index in [1.807, 2.05) is 50.4 Å². The molecule has 0 fully saturated rings. The van der Waals surface area contributed by atoms with Gasteiger partial charge in [-0.2, -0.15) is 5.10 Å². The summed E-state index contributed by atoms with van der Waals surface area (Å²) in [6.07, 6.45) is 3.61. The summed E-state index contributed by atoms with van der Waals surface area (Å²) in [4.78, 5) is 11.1. The lowest BCUT2D eigenvalue weighted by Crippen LogP contribution is -2.40. The van der Waals surface area contributed by atoms with E-state index in [1.54, 1.807) is 10.9 Å². The molecule has 2 rings (SSSR count). The highest BCUT2D eigenvalue weighted by atomic mass is 16.4. The standard InChI is InChI=1S/C15H19N3O2/c1-11(2)14(15(19)20)16-10-12-4-6-13(7-5-12)18-9-3-8-17-18/h3-9,11,14,16H,10H2,1-2H3,(H,19,20). The molecule has 106 valence electrons. The van der Waals surface area contributed by atoms with Crippen LogP contribution in [0, 0.1) is 5.92 Å². The van der Waals surface area contributed by atoms with Crippen molar-refractivity contribution < 1.29 is 9.90 Å². The number of carboxylic acids is 1. The lowest BCUT2D eigenvalue weighted by Gasteiger charge is -2.18. The summed E-state index contributed by atoms with van der Waals surface area (Å²) >= 11 is 0. The maximum absolute atomic E-state index is 11.1. The summed E-state index contributed by atoms with van der Waals surface area (Å²) in [5.74, 6) is -0.760. The second-order valence-electron chi connectivity index (χ2n) is 5.06. The first-order valence-corrected chi connectivity index (χ1v) is 6.63. The molecule has 1 aromatic heterocycles. The number of aliphatic carboxylic acids is 1. The van der Waals surface area contributed by atoms with Crippen LogP contribution in [-0.2, 0) is 11.3 Å². The number of carbonyl (C=O) groups is 1. The highest BCUT2D eigenvalue weighted by Crippen LogP contribution is 2.09. The molecular weight excluding hydrogens is 254 g/mol. The maximum Gasteiger partial charge on any atom is 0.320 e. The summed E-state index contributed by atoms with van der Waals surface area (Å²) in [5.41, 5.74) is 2.03. The monoisotopic (exact) mass is 273 g/mol. The molecule has 1 aromatic carbocycles. The summed E-state index contributed by atoms with van der Waals surface area (Å²) in [6, 6.07) is 9.23. The van der Waals surface area contributed by atoms with Crippen molar-refractivity contribution in [3.05, 3.63) is 48.3 Å². The van der Waals surface area contributed by atoms with Gasteiger partial charge in [-0.25, -0.2) is 4.68 Å². The van der Waals surface area contributed by atoms with Crippen molar-refractivity contribution in [3.63, 3.8) is 0 Å². The predicted molar refractivity (Wildman–Crippen MR) is 76.7 cm³/mol. The smallest absolute Gasteiger partial charge is 0.320 e. The maximum atomic E-state index is 11.1. The van der Waals surface area contributed by atoms with Gasteiger partial charge in [0.15, 0.2) is 0 Å². The molecule has 0 amide bonds. The Morgan fingerprint density at radius 3 is 2.55 bits per heavy atom. The van der Waals surface area contributed by atoms with E-state index in [2.05, 4.69) is 10.4 Å². The van der Waals surface area contributed by atoms with Crippen LogP contribution in [-0.4, -0.2) is 26.9 Å². The van der Waals surface area contributed by atoms with Gasteiger partial charge in [0.05, 0.1) is 5.69 Å². The lowest BCUT2D eigenvalue weighted by atomic mass is 10.0. The predicted octanol–water partition coefficient (Wildman–Crippen LogP) is 2.07. The van der Waals surface area contributed by atoms with E-state index in [-0.39, 0.29) is 5.92 Å². The Morgan fingerprint density at radius 2 is 2.05 bits per heavy atom. The van der Waals surface area contributed by atoms with Gasteiger partial charge in [-0.3, -0.25) is 4.79 Å². The SMILES string of the molecule is CC(C)C(NCc1ccc(-n2cccn2)cc1)C(=O)O. The first-order valence-electron chi connectivity index (χ1n) is 6.63. The highest BCUT2D eigenvalue weighted by Gasteiger charge is 2.20. The Labute approximate surface area is 118 Å². The number of nitrogens with zero attached hydrogens (tertiary/aromatic N) is 2. The van der Waals surface area contributed by atoms with Crippen LogP contribution >= 0.6 is 0 Å². The van der Waals surface area contributed by atoms with Crippen molar-refractivity contribution in [2.45, 2.75) is 26.4 Å². The molecule has 2 aromatic rings. The van der Waals surface area contributed by atoms with E-state index in [0.29, 0.717) is 6.54 Å². The molecule has 0 spiro atoms. The fourth-order valence-electron chi connectivity index (χ4n) is 2.02. The molecule has 1 atom stereocenters. The Morgan fingerprint density at radius 1 is 1.35 bits per heavy atom. The third-order valence-electron chi connectivity index (χ3n) is 3.16. The highest BCUT2D eigenvalue weighted by molar-refractivity contribution is 5.73. The Balaban J connectivity index is 1.99. The van der Waals surface area contributed by atoms with Gasteiger partial charge < -0.3 is 10.4 Å². The number of rotatable bonds is 6. The third kappa shape index (κ3) is 3.45. The van der Waals surface area contributed by atoms with Gasteiger partial charge in [-0.15, -0.1) is 0 Å². The summed E-state index contributed by atoms with van der Waals surface area (Å²) in [5, 5.41) is 16.3. The number of benzene rings is 1. The van der Waals surface area contributed by atoms with E-state index in [4.69, 9.17) is 5.11 Å². The fraction of sp³-hybridized carbons (Fsp3) is 0.333. The fourth-order valence-corrected chi connectivity index (χ4v) is 2.02. The number of hydrogen-bond donors (Lipinski definition) is 2. The average Bonchev–Trinajstić information content (AvgIpc) is 2.92. The van der Waals surface area contributed by atoms with Crippen LogP contribution in [0.25, 0.3) is 5.69 Å². The molecule has 0 radical (unpaired) electrons. The van der Waals surface area contributed by atoms with Crippen LogP contribution in [0.4, 0.5) is 0 Å². The van der Waals surface area contributed by atoms with Gasteiger partial charge >= 0.3 is 5.97 Å². The largest absolute Gasteiger partial charge is 0.480 e. The first-order chi connectivity index (χ1) is 9.58. The molecule has 0 aliphatic carbocycles. The second-order valence-corrected chi connectivity index (χ2v) is 5.06. The molecule has 2 N–H and O–H groups in total. The van der Waals surface area contributed by atoms with Crippen LogP contribution in [0.2, 0.25) is 0 Å². The van der Waals surface area contributed by atoms with Gasteiger partial charge in [0.1, 0.15) is 6.04 Å². The summed E-state index contributed by atoms with van der Waals surface area (Å²) < 4.78 is 1.78. The minimum atomic E-state index is -0.812. The molecule has 0 saturated carbocycles. The van der Waals surface area contributed by atoms with Crippen molar-refractivity contribution in [2.24, 2.45) is 5.92 Å². The zero-order chi connectivity index (χ0) is 14.5. The van der Waals surface area contributed by atoms with Crippen LogP contribution in [0.3, 0.4) is 0 Å². The van der Waals surface area contributed by atoms with Gasteiger partial charge in [0, 0.05) is 18.9 Å². The molecule has 0 aliphatic heterocycles. The van der Waals surface area contributed by atoms with E-state index in [1.165, 1.54) is 0 Å². The van der Waals surface area contributed by atoms with Crippen molar-refractivity contribution in [2.75, 3.05) is 0 Å². The molecule has 0 saturated heterocycles. The molecule has 5 nitrogen and oxygen atoms in total. The van der Waals surface area contributed by atoms with Crippen molar-refractivity contribution >= 4 is 5.97 Å². The van der Waals surface area contributed by atoms with E-state index in [9.17, 15) is 4.79 Å². The van der Waals surface area contributed by atoms with Gasteiger partial charge in [0.25, 0.3) is 0 Å². The Hall–Kier alpha value is -2.14. The zero-order valence-electron chi connectivity index (χ0n) is 11.7. The molecule has 1 unspecified atom stereocenters. The summed E-state index contributed by atoms with van der Waals surface area (Å²) in [7, 11) is 0. The van der Waals surface area contributed by atoms with Crippen LogP contribution < -0.4 is 5.32 Å². The van der Waals surface area contributed by atoms with E-state index < -0.39 is 12.0 Å². The third-order valence-corrected chi connectivity index (χ3v) is 3.16. The minimum absolute atomic E-state index is 0.0517. The lowest BCUT2D eigenvalue weighted by molar-refractivity contribution is -0.140. The zero-order valence-corrected chi connectivity index (χ0v) is 11.7. The molecule has 20 heavy (non-hydrogen) atoms. The molecular formula is C15H19N3O2. The van der Waals surface area contributed by atoms with Crippen LogP contribution in [0.5, 0.6) is 0 Å². The number of nitrogens with one attached hydrogen (secondary N) is 1. The topological polar surface area (TPSA) is 67.2 Å². The van der Waals surface area contributed by atoms with Crippen LogP contribution in [0.15, 0.2) is 42.7 Å². The molecule has 0 aliphatic rings. The Kier molecular flexibility index (Phi) is 4.53. The van der Waals surface area contributed by atoms with Gasteiger partial charge in [-0.05, 0) is 29.7 Å².